The summed E-state index contributed by atoms with van der Waals surface area (Å²) in [6.45, 7) is 0. The molecule has 1 rings (SSSR count). The van der Waals surface area contributed by atoms with Gasteiger partial charge in [0.1, 0.15) is 0 Å². The lowest BCUT2D eigenvalue weighted by Gasteiger charge is -2.28. The van der Waals surface area contributed by atoms with Crippen LogP contribution in [0.3, 0.4) is 0 Å². The maximum atomic E-state index is 12.6. The molecule has 0 spiro atoms. The van der Waals surface area contributed by atoms with E-state index in [1.54, 1.807) is 0 Å². The molecule has 0 saturated heterocycles. The molecule has 0 N–H and O–H groups in total. The van der Waals surface area contributed by atoms with E-state index in [9.17, 15) is 26.3 Å². The Morgan fingerprint density at radius 1 is 0.591 bits per heavy atom. The highest BCUT2D eigenvalue weighted by Crippen LogP contribution is 2.37. The van der Waals surface area contributed by atoms with Gasteiger partial charge in [-0.1, -0.05) is 57.8 Å². The molecule has 0 radical (unpaired) electrons. The molecule has 0 atom stereocenters. The third-order valence-electron chi connectivity index (χ3n) is 3.98. The van der Waals surface area contributed by atoms with Crippen molar-refractivity contribution in [2.24, 2.45) is 0 Å². The van der Waals surface area contributed by atoms with Crippen LogP contribution in [0.1, 0.15) is 70.6 Å². The number of halogens is 6. The summed E-state index contributed by atoms with van der Waals surface area (Å²) in [5.74, 6) is 0. The minimum atomic E-state index is -5.41. The second kappa shape index (κ2) is 8.99. The van der Waals surface area contributed by atoms with Crippen LogP contribution in [0.5, 0.6) is 0 Å². The Balaban J connectivity index is 2.62. The van der Waals surface area contributed by atoms with Crippen molar-refractivity contribution in [2.45, 2.75) is 95.2 Å². The molecule has 0 aliphatic heterocycles. The topological polar surface area (TPSA) is 9.23 Å². The van der Waals surface area contributed by atoms with Crippen molar-refractivity contribution in [1.82, 2.24) is 0 Å². The minimum absolute atomic E-state index is 0.267. The summed E-state index contributed by atoms with van der Waals surface area (Å²) in [5.41, 5.74) is 0. The quantitative estimate of drug-likeness (QED) is 0.549. The molecule has 0 aromatic rings. The van der Waals surface area contributed by atoms with Crippen LogP contribution in [0.25, 0.3) is 0 Å². The molecule has 7 heteroatoms. The van der Waals surface area contributed by atoms with Crippen molar-refractivity contribution >= 4 is 0 Å². The Morgan fingerprint density at radius 3 is 1.23 bits per heavy atom. The van der Waals surface area contributed by atoms with E-state index >= 15 is 0 Å². The molecule has 0 heterocycles. The second-order valence-corrected chi connectivity index (χ2v) is 5.98. The van der Waals surface area contributed by atoms with Gasteiger partial charge in [-0.05, 0) is 12.8 Å². The van der Waals surface area contributed by atoms with Gasteiger partial charge >= 0.3 is 12.4 Å². The molecule has 0 aromatic carbocycles. The molecule has 0 aromatic heterocycles. The maximum Gasteiger partial charge on any atom is 0.423 e. The number of rotatable bonds is 2. The highest BCUT2D eigenvalue weighted by molar-refractivity contribution is 4.78. The van der Waals surface area contributed by atoms with Crippen LogP contribution in [0.4, 0.5) is 26.3 Å². The molecule has 1 aliphatic rings. The lowest BCUT2D eigenvalue weighted by Crippen LogP contribution is -2.46. The van der Waals surface area contributed by atoms with E-state index in [-0.39, 0.29) is 12.8 Å². The Hall–Kier alpha value is -0.460. The van der Waals surface area contributed by atoms with E-state index in [0.717, 1.165) is 44.9 Å². The largest absolute Gasteiger partial charge is 0.423 e. The van der Waals surface area contributed by atoms with Gasteiger partial charge in [0.2, 0.25) is 6.10 Å². The van der Waals surface area contributed by atoms with Gasteiger partial charge in [-0.3, -0.25) is 0 Å². The molecule has 0 amide bonds. The zero-order valence-electron chi connectivity index (χ0n) is 12.6. The van der Waals surface area contributed by atoms with E-state index in [4.69, 9.17) is 0 Å². The molecule has 0 bridgehead atoms. The van der Waals surface area contributed by atoms with Gasteiger partial charge in [0, 0.05) is 0 Å². The van der Waals surface area contributed by atoms with Gasteiger partial charge in [0.25, 0.3) is 0 Å². The SMILES string of the molecule is FC(F)(F)C(OC1CCCCCCCCCCC1)C(F)(F)F. The summed E-state index contributed by atoms with van der Waals surface area (Å²) in [6.07, 6.45) is -6.74. The zero-order chi connectivity index (χ0) is 16.6. The summed E-state index contributed by atoms with van der Waals surface area (Å²) in [4.78, 5) is 0. The van der Waals surface area contributed by atoms with E-state index in [2.05, 4.69) is 4.74 Å². The lowest BCUT2D eigenvalue weighted by molar-refractivity contribution is -0.331. The smallest absolute Gasteiger partial charge is 0.358 e. The Morgan fingerprint density at radius 2 is 0.909 bits per heavy atom. The summed E-state index contributed by atoms with van der Waals surface area (Å²) >= 11 is 0. The average molecular weight is 334 g/mol. The summed E-state index contributed by atoms with van der Waals surface area (Å²) < 4.78 is 79.9. The molecule has 1 fully saturated rings. The first kappa shape index (κ1) is 19.6. The summed E-state index contributed by atoms with van der Waals surface area (Å²) in [6, 6.07) is 0. The van der Waals surface area contributed by atoms with Gasteiger partial charge in [-0.15, -0.1) is 0 Å². The van der Waals surface area contributed by atoms with Crippen LogP contribution in [-0.2, 0) is 4.74 Å². The van der Waals surface area contributed by atoms with E-state index in [1.807, 2.05) is 0 Å². The summed E-state index contributed by atoms with van der Waals surface area (Å²) in [5, 5.41) is 0. The molecular formula is C15H24F6O. The Bertz CT molecular complexity index is 273. The number of hydrogen-bond acceptors (Lipinski definition) is 1. The summed E-state index contributed by atoms with van der Waals surface area (Å²) in [7, 11) is 0. The maximum absolute atomic E-state index is 12.6. The van der Waals surface area contributed by atoms with E-state index in [1.165, 1.54) is 0 Å². The number of alkyl halides is 6. The zero-order valence-corrected chi connectivity index (χ0v) is 12.6. The average Bonchev–Trinajstić information content (AvgIpc) is 2.35. The first-order valence-corrected chi connectivity index (χ1v) is 8.00. The first-order chi connectivity index (χ1) is 10.2. The normalized spacial score (nSPS) is 21.4. The van der Waals surface area contributed by atoms with Gasteiger partial charge in [0.05, 0.1) is 6.10 Å². The molecule has 1 saturated carbocycles. The predicted octanol–water partition coefficient (Wildman–Crippen LogP) is 6.17. The third-order valence-corrected chi connectivity index (χ3v) is 3.98. The standard InChI is InChI=1S/C15H24F6O/c16-14(17,18)13(15(19,20)21)22-12-10-8-6-4-2-1-3-5-7-9-11-12/h12-13H,1-11H2. The van der Waals surface area contributed by atoms with Crippen LogP contribution in [0, 0.1) is 0 Å². The Labute approximate surface area is 127 Å². The van der Waals surface area contributed by atoms with Crippen LogP contribution >= 0.6 is 0 Å². The monoisotopic (exact) mass is 334 g/mol. The van der Waals surface area contributed by atoms with Crippen LogP contribution in [-0.4, -0.2) is 24.6 Å². The molecule has 22 heavy (non-hydrogen) atoms. The van der Waals surface area contributed by atoms with E-state index in [0.29, 0.717) is 12.8 Å². The van der Waals surface area contributed by atoms with Crippen molar-refractivity contribution in [3.63, 3.8) is 0 Å². The van der Waals surface area contributed by atoms with Gasteiger partial charge < -0.3 is 4.74 Å². The molecule has 1 aliphatic carbocycles. The van der Waals surface area contributed by atoms with E-state index < -0.39 is 24.6 Å². The fourth-order valence-electron chi connectivity index (χ4n) is 2.79. The first-order valence-electron chi connectivity index (χ1n) is 8.00. The lowest BCUT2D eigenvalue weighted by atomic mass is 9.99. The van der Waals surface area contributed by atoms with Gasteiger partial charge in [0.15, 0.2) is 0 Å². The second-order valence-electron chi connectivity index (χ2n) is 5.98. The minimum Gasteiger partial charge on any atom is -0.358 e. The van der Waals surface area contributed by atoms with Crippen molar-refractivity contribution in [1.29, 1.82) is 0 Å². The van der Waals surface area contributed by atoms with Crippen molar-refractivity contribution < 1.29 is 31.1 Å². The highest BCUT2D eigenvalue weighted by Gasteiger charge is 2.58. The van der Waals surface area contributed by atoms with Gasteiger partial charge in [-0.25, -0.2) is 0 Å². The fraction of sp³-hybridized carbons (Fsp3) is 1.00. The third kappa shape index (κ3) is 7.70. The molecular weight excluding hydrogens is 310 g/mol. The van der Waals surface area contributed by atoms with Crippen molar-refractivity contribution in [3.8, 4) is 0 Å². The molecule has 132 valence electrons. The predicted molar refractivity (Wildman–Crippen MR) is 71.6 cm³/mol. The van der Waals surface area contributed by atoms with Crippen LogP contribution in [0.15, 0.2) is 0 Å². The highest BCUT2D eigenvalue weighted by atomic mass is 19.4. The molecule has 1 nitrogen and oxygen atoms in total. The van der Waals surface area contributed by atoms with Crippen LogP contribution < -0.4 is 0 Å². The Kier molecular flexibility index (Phi) is 8.00. The van der Waals surface area contributed by atoms with Gasteiger partial charge in [-0.2, -0.15) is 26.3 Å². The number of ether oxygens (including phenoxy) is 1. The van der Waals surface area contributed by atoms with Crippen molar-refractivity contribution in [2.75, 3.05) is 0 Å². The number of hydrogen-bond donors (Lipinski definition) is 0. The molecule has 0 unspecified atom stereocenters. The fourth-order valence-corrected chi connectivity index (χ4v) is 2.79. The van der Waals surface area contributed by atoms with Crippen LogP contribution in [0.2, 0.25) is 0 Å². The van der Waals surface area contributed by atoms with Crippen molar-refractivity contribution in [3.05, 3.63) is 0 Å².